The van der Waals surface area contributed by atoms with Crippen LogP contribution in [0.1, 0.15) is 41.3 Å². The summed E-state index contributed by atoms with van der Waals surface area (Å²) in [4.78, 5) is 21.0. The molecule has 3 aliphatic rings. The maximum atomic E-state index is 13.3. The number of hydrogen-bond donors (Lipinski definition) is 2. The molecule has 6 rings (SSSR count). The number of rotatable bonds is 6. The largest absolute Gasteiger partial charge is 0.454 e. The lowest BCUT2D eigenvalue weighted by molar-refractivity contribution is -0.118. The fourth-order valence-corrected chi connectivity index (χ4v) is 6.09. The van der Waals surface area contributed by atoms with E-state index in [1.54, 1.807) is 6.20 Å². The van der Waals surface area contributed by atoms with Crippen LogP contribution in [0.4, 0.5) is 5.13 Å². The average molecular weight is 498 g/mol. The van der Waals surface area contributed by atoms with Gasteiger partial charge in [0.25, 0.3) is 0 Å². The number of anilines is 1. The first-order valence-electron chi connectivity index (χ1n) is 11.4. The standard InChI is InChI=1S/C25H24ClN3O4S/c26-18-4-2-1-3-17(18)22(29-10-7-16(30)13-29)21-12-27-24(34-21)28-23(31)25(8-9-25)15-5-6-19-20(11-15)33-14-32-19/h1-6,11-12,16,22,30H,7-10,13-14H2,(H,27,28,31)/t16-,22-/m0/s1. The van der Waals surface area contributed by atoms with Gasteiger partial charge in [-0.1, -0.05) is 47.2 Å². The minimum Gasteiger partial charge on any atom is -0.454 e. The van der Waals surface area contributed by atoms with Crippen molar-refractivity contribution >= 4 is 34.0 Å². The molecule has 2 N–H and O–H groups in total. The summed E-state index contributed by atoms with van der Waals surface area (Å²) in [5, 5.41) is 14.4. The van der Waals surface area contributed by atoms with E-state index in [1.165, 1.54) is 11.3 Å². The Kier molecular flexibility index (Phi) is 5.49. The van der Waals surface area contributed by atoms with Crippen LogP contribution in [-0.4, -0.2) is 46.9 Å². The molecule has 2 aliphatic heterocycles. The van der Waals surface area contributed by atoms with Crippen molar-refractivity contribution in [3.8, 4) is 11.5 Å². The molecule has 0 radical (unpaired) electrons. The maximum absolute atomic E-state index is 13.3. The van der Waals surface area contributed by atoms with Crippen LogP contribution < -0.4 is 14.8 Å². The van der Waals surface area contributed by atoms with Crippen molar-refractivity contribution in [3.63, 3.8) is 0 Å². The number of carbonyl (C=O) groups is 1. The van der Waals surface area contributed by atoms with E-state index in [-0.39, 0.29) is 24.8 Å². The number of β-amino-alcohol motifs (C(OH)–C–C–N with tert-alkyl or cyclic N) is 1. The van der Waals surface area contributed by atoms with Crippen molar-refractivity contribution in [1.29, 1.82) is 0 Å². The molecule has 7 nitrogen and oxygen atoms in total. The number of nitrogens with one attached hydrogen (secondary N) is 1. The molecule has 3 heterocycles. The Balaban J connectivity index is 1.25. The summed E-state index contributed by atoms with van der Waals surface area (Å²) in [5.41, 5.74) is 1.35. The molecule has 1 saturated heterocycles. The van der Waals surface area contributed by atoms with Gasteiger partial charge in [0.15, 0.2) is 16.6 Å². The number of thiazole rings is 1. The SMILES string of the molecule is O=C(Nc1ncc([C@H](c2ccccc2Cl)N2CC[C@H](O)C2)s1)C1(c2ccc3c(c2)OCO3)CC1. The molecule has 2 fully saturated rings. The summed E-state index contributed by atoms with van der Waals surface area (Å²) in [6.45, 7) is 1.55. The van der Waals surface area contributed by atoms with Gasteiger partial charge in [0.1, 0.15) is 0 Å². The number of halogens is 1. The number of carbonyl (C=O) groups excluding carboxylic acids is 1. The zero-order chi connectivity index (χ0) is 23.3. The molecule has 1 aliphatic carbocycles. The van der Waals surface area contributed by atoms with Crippen LogP contribution in [0.3, 0.4) is 0 Å². The van der Waals surface area contributed by atoms with Gasteiger partial charge in [-0.2, -0.15) is 0 Å². The van der Waals surface area contributed by atoms with Crippen molar-refractivity contribution in [1.82, 2.24) is 9.88 Å². The van der Waals surface area contributed by atoms with E-state index in [1.807, 2.05) is 42.5 Å². The first-order valence-corrected chi connectivity index (χ1v) is 12.6. The second-order valence-corrected chi connectivity index (χ2v) is 10.5. The fourth-order valence-electron chi connectivity index (χ4n) is 4.88. The number of fused-ring (bicyclic) bond motifs is 1. The number of benzene rings is 2. The van der Waals surface area contributed by atoms with Crippen molar-refractivity contribution in [2.75, 3.05) is 25.2 Å². The number of amides is 1. The highest BCUT2D eigenvalue weighted by Gasteiger charge is 2.52. The number of aliphatic hydroxyl groups excluding tert-OH is 1. The van der Waals surface area contributed by atoms with Gasteiger partial charge in [-0.05, 0) is 48.6 Å². The van der Waals surface area contributed by atoms with Gasteiger partial charge < -0.3 is 19.9 Å². The molecule has 2 atom stereocenters. The third kappa shape index (κ3) is 3.84. The van der Waals surface area contributed by atoms with E-state index >= 15 is 0 Å². The highest BCUT2D eigenvalue weighted by Crippen LogP contribution is 2.51. The highest BCUT2D eigenvalue weighted by molar-refractivity contribution is 7.15. The normalized spacial score (nSPS) is 21.4. The van der Waals surface area contributed by atoms with Gasteiger partial charge in [0.2, 0.25) is 12.7 Å². The third-order valence-corrected chi connectivity index (χ3v) is 8.19. The molecule has 0 unspecified atom stereocenters. The lowest BCUT2D eigenvalue weighted by Crippen LogP contribution is -2.28. The molecule has 2 aromatic carbocycles. The Hall–Kier alpha value is -2.65. The molecule has 1 saturated carbocycles. The Labute approximate surface area is 206 Å². The first-order chi connectivity index (χ1) is 16.5. The van der Waals surface area contributed by atoms with Crippen LogP contribution in [0.15, 0.2) is 48.7 Å². The van der Waals surface area contributed by atoms with Gasteiger partial charge in [0, 0.05) is 29.2 Å². The van der Waals surface area contributed by atoms with Crippen LogP contribution in [0.25, 0.3) is 0 Å². The van der Waals surface area contributed by atoms with E-state index in [4.69, 9.17) is 21.1 Å². The van der Waals surface area contributed by atoms with Gasteiger partial charge >= 0.3 is 0 Å². The summed E-state index contributed by atoms with van der Waals surface area (Å²) >= 11 is 8.01. The van der Waals surface area contributed by atoms with Crippen LogP contribution in [0.5, 0.6) is 11.5 Å². The lowest BCUT2D eigenvalue weighted by Gasteiger charge is -2.27. The average Bonchev–Trinajstić information content (AvgIpc) is 3.13. The number of nitrogens with zero attached hydrogens (tertiary/aromatic N) is 2. The van der Waals surface area contributed by atoms with Gasteiger partial charge in [0.05, 0.1) is 17.6 Å². The topological polar surface area (TPSA) is 83.9 Å². The van der Waals surface area contributed by atoms with Crippen LogP contribution in [0, 0.1) is 0 Å². The number of aliphatic hydroxyl groups is 1. The molecule has 9 heteroatoms. The molecule has 1 aromatic heterocycles. The molecule has 176 valence electrons. The van der Waals surface area contributed by atoms with E-state index in [2.05, 4.69) is 15.2 Å². The van der Waals surface area contributed by atoms with Crippen molar-refractivity contribution in [3.05, 3.63) is 69.7 Å². The highest BCUT2D eigenvalue weighted by atomic mass is 35.5. The minimum absolute atomic E-state index is 0.0573. The molecular weight excluding hydrogens is 474 g/mol. The Bertz CT molecular complexity index is 1240. The lowest BCUT2D eigenvalue weighted by atomic mass is 9.94. The Morgan fingerprint density at radius 2 is 2.06 bits per heavy atom. The monoisotopic (exact) mass is 497 g/mol. The third-order valence-electron chi connectivity index (χ3n) is 6.88. The zero-order valence-corrected chi connectivity index (χ0v) is 19.9. The van der Waals surface area contributed by atoms with Crippen LogP contribution >= 0.6 is 22.9 Å². The quantitative estimate of drug-likeness (QED) is 0.526. The predicted molar refractivity (Wildman–Crippen MR) is 130 cm³/mol. The van der Waals surface area contributed by atoms with Crippen molar-refractivity contribution < 1.29 is 19.4 Å². The van der Waals surface area contributed by atoms with E-state index < -0.39 is 5.41 Å². The second kappa shape index (κ2) is 8.53. The van der Waals surface area contributed by atoms with E-state index in [9.17, 15) is 9.90 Å². The van der Waals surface area contributed by atoms with E-state index in [0.29, 0.717) is 28.2 Å². The molecule has 0 spiro atoms. The minimum atomic E-state index is -0.561. The summed E-state index contributed by atoms with van der Waals surface area (Å²) < 4.78 is 10.9. The van der Waals surface area contributed by atoms with Crippen LogP contribution in [-0.2, 0) is 10.2 Å². The van der Waals surface area contributed by atoms with Gasteiger partial charge in [-0.25, -0.2) is 4.98 Å². The zero-order valence-electron chi connectivity index (χ0n) is 18.4. The number of likely N-dealkylation sites (tertiary alicyclic amines) is 1. The second-order valence-electron chi connectivity index (χ2n) is 9.03. The van der Waals surface area contributed by atoms with Gasteiger partial charge in [-0.15, -0.1) is 0 Å². The van der Waals surface area contributed by atoms with Crippen molar-refractivity contribution in [2.24, 2.45) is 0 Å². The molecule has 3 aromatic rings. The predicted octanol–water partition coefficient (Wildman–Crippen LogP) is 4.35. The van der Waals surface area contributed by atoms with Gasteiger partial charge in [-0.3, -0.25) is 9.69 Å². The first kappa shape index (κ1) is 21.9. The van der Waals surface area contributed by atoms with E-state index in [0.717, 1.165) is 41.8 Å². The number of ether oxygens (including phenoxy) is 2. The maximum Gasteiger partial charge on any atom is 0.236 e. The summed E-state index contributed by atoms with van der Waals surface area (Å²) in [5.74, 6) is 1.34. The molecular formula is C25H24ClN3O4S. The summed E-state index contributed by atoms with van der Waals surface area (Å²) in [7, 11) is 0. The number of hydrogen-bond acceptors (Lipinski definition) is 7. The molecule has 1 amide bonds. The Morgan fingerprint density at radius 3 is 2.82 bits per heavy atom. The fraction of sp³-hybridized carbons (Fsp3) is 0.360. The molecule has 0 bridgehead atoms. The smallest absolute Gasteiger partial charge is 0.236 e. The number of aromatic nitrogens is 1. The Morgan fingerprint density at radius 1 is 1.24 bits per heavy atom. The molecule has 34 heavy (non-hydrogen) atoms. The van der Waals surface area contributed by atoms with Crippen LogP contribution in [0.2, 0.25) is 5.02 Å². The summed E-state index contributed by atoms with van der Waals surface area (Å²) in [6, 6.07) is 13.4. The van der Waals surface area contributed by atoms with Crippen molar-refractivity contribution in [2.45, 2.75) is 36.8 Å². The summed E-state index contributed by atoms with van der Waals surface area (Å²) in [6.07, 6.45) is 3.74.